The first-order chi connectivity index (χ1) is 8.11. The third kappa shape index (κ3) is 2.91. The molecule has 2 rings (SSSR count). The molecule has 1 nitrogen and oxygen atoms in total. The Bertz CT molecular complexity index is 524. The predicted molar refractivity (Wildman–Crippen MR) is 79.1 cm³/mol. The van der Waals surface area contributed by atoms with Crippen molar-refractivity contribution in [3.05, 3.63) is 55.1 Å². The van der Waals surface area contributed by atoms with Crippen molar-refractivity contribution in [2.75, 3.05) is 7.05 Å². The molecule has 0 aliphatic rings. The van der Waals surface area contributed by atoms with Gasteiger partial charge in [-0.15, -0.1) is 11.3 Å². The van der Waals surface area contributed by atoms with E-state index >= 15 is 0 Å². The van der Waals surface area contributed by atoms with Crippen LogP contribution in [-0.2, 0) is 0 Å². The molecule has 2 aromatic rings. The Morgan fingerprint density at radius 2 is 2.06 bits per heavy atom. The molecule has 0 amide bonds. The average Bonchev–Trinajstić information content (AvgIpc) is 2.71. The van der Waals surface area contributed by atoms with Crippen LogP contribution >= 0.6 is 38.9 Å². The molecule has 4 heteroatoms. The number of benzene rings is 1. The molecule has 0 fully saturated rings. The zero-order chi connectivity index (χ0) is 12.4. The van der Waals surface area contributed by atoms with Crippen LogP contribution in [0.4, 0.5) is 0 Å². The molecule has 1 aromatic heterocycles. The predicted octanol–water partition coefficient (Wildman–Crippen LogP) is 4.78. The van der Waals surface area contributed by atoms with Gasteiger partial charge in [0.1, 0.15) is 0 Å². The van der Waals surface area contributed by atoms with Gasteiger partial charge < -0.3 is 5.32 Å². The van der Waals surface area contributed by atoms with Crippen LogP contribution in [0.5, 0.6) is 0 Å². The summed E-state index contributed by atoms with van der Waals surface area (Å²) >= 11 is 11.2. The highest BCUT2D eigenvalue weighted by Crippen LogP contribution is 2.30. The Hall–Kier alpha value is -0.350. The molecule has 0 bridgehead atoms. The second kappa shape index (κ2) is 5.53. The van der Waals surface area contributed by atoms with Crippen LogP contribution in [0.3, 0.4) is 0 Å². The Kier molecular flexibility index (Phi) is 4.26. The summed E-state index contributed by atoms with van der Waals surface area (Å²) in [6, 6.07) is 8.48. The van der Waals surface area contributed by atoms with Gasteiger partial charge in [0, 0.05) is 9.35 Å². The van der Waals surface area contributed by atoms with Gasteiger partial charge in [0.25, 0.3) is 0 Å². The van der Waals surface area contributed by atoms with Gasteiger partial charge in [-0.2, -0.15) is 0 Å². The van der Waals surface area contributed by atoms with E-state index in [9.17, 15) is 0 Å². The van der Waals surface area contributed by atoms with E-state index in [0.717, 1.165) is 9.50 Å². The maximum absolute atomic E-state index is 6.01. The average molecular weight is 331 g/mol. The Labute approximate surface area is 119 Å². The van der Waals surface area contributed by atoms with Crippen LogP contribution in [0.2, 0.25) is 5.02 Å². The number of aryl methyl sites for hydroxylation is 1. The zero-order valence-corrected chi connectivity index (χ0v) is 12.8. The number of rotatable bonds is 3. The molecule has 0 aliphatic heterocycles. The van der Waals surface area contributed by atoms with Gasteiger partial charge >= 0.3 is 0 Å². The van der Waals surface area contributed by atoms with E-state index < -0.39 is 0 Å². The molecule has 1 aromatic carbocycles. The monoisotopic (exact) mass is 329 g/mol. The van der Waals surface area contributed by atoms with E-state index in [-0.39, 0.29) is 6.04 Å². The largest absolute Gasteiger partial charge is 0.309 e. The van der Waals surface area contributed by atoms with E-state index in [4.69, 9.17) is 11.6 Å². The number of nitrogens with one attached hydrogen (secondary N) is 1. The molecule has 0 aliphatic carbocycles. The lowest BCUT2D eigenvalue weighted by Gasteiger charge is -2.16. The van der Waals surface area contributed by atoms with Crippen LogP contribution in [0.15, 0.2) is 34.1 Å². The molecule has 0 radical (unpaired) electrons. The van der Waals surface area contributed by atoms with E-state index in [2.05, 4.69) is 51.7 Å². The highest BCUT2D eigenvalue weighted by Gasteiger charge is 2.14. The molecule has 1 heterocycles. The smallest absolute Gasteiger partial charge is 0.0583 e. The van der Waals surface area contributed by atoms with Crippen molar-refractivity contribution in [3.63, 3.8) is 0 Å². The van der Waals surface area contributed by atoms with Crippen LogP contribution in [0.25, 0.3) is 0 Å². The summed E-state index contributed by atoms with van der Waals surface area (Å²) in [5.41, 5.74) is 2.51. The van der Waals surface area contributed by atoms with E-state index in [0.29, 0.717) is 0 Å². The molecule has 0 saturated carbocycles. The summed E-state index contributed by atoms with van der Waals surface area (Å²) in [6.07, 6.45) is 0. The lowest BCUT2D eigenvalue weighted by molar-refractivity contribution is 0.693. The van der Waals surface area contributed by atoms with Gasteiger partial charge in [0.15, 0.2) is 0 Å². The van der Waals surface area contributed by atoms with Gasteiger partial charge in [0.05, 0.1) is 11.1 Å². The molecule has 1 atom stereocenters. The molecule has 0 saturated heterocycles. The topological polar surface area (TPSA) is 12.0 Å². The van der Waals surface area contributed by atoms with Gasteiger partial charge in [-0.25, -0.2) is 0 Å². The lowest BCUT2D eigenvalue weighted by atomic mass is 10.0. The molecule has 0 spiro atoms. The number of hydrogen-bond acceptors (Lipinski definition) is 2. The fourth-order valence-electron chi connectivity index (χ4n) is 1.83. The fourth-order valence-corrected chi connectivity index (χ4v) is 3.08. The second-order valence-electron chi connectivity index (χ2n) is 3.89. The van der Waals surface area contributed by atoms with Crippen molar-refractivity contribution in [1.82, 2.24) is 5.32 Å². The van der Waals surface area contributed by atoms with Gasteiger partial charge in [-0.1, -0.05) is 17.7 Å². The van der Waals surface area contributed by atoms with E-state index in [1.54, 1.807) is 11.3 Å². The molecule has 90 valence electrons. The van der Waals surface area contributed by atoms with Gasteiger partial charge in [-0.05, 0) is 64.6 Å². The van der Waals surface area contributed by atoms with Gasteiger partial charge in [-0.3, -0.25) is 0 Å². The fraction of sp³-hybridized carbons (Fsp3) is 0.231. The minimum absolute atomic E-state index is 0.216. The first-order valence-corrected chi connectivity index (χ1v) is 7.34. The second-order valence-corrected chi connectivity index (χ2v) is 6.26. The van der Waals surface area contributed by atoms with Crippen molar-refractivity contribution in [2.24, 2.45) is 0 Å². The van der Waals surface area contributed by atoms with Crippen molar-refractivity contribution in [2.45, 2.75) is 13.0 Å². The van der Waals surface area contributed by atoms with E-state index in [1.807, 2.05) is 13.1 Å². The third-order valence-corrected chi connectivity index (χ3v) is 4.74. The molecular weight excluding hydrogens is 318 g/mol. The maximum Gasteiger partial charge on any atom is 0.0583 e. The first kappa shape index (κ1) is 13.1. The van der Waals surface area contributed by atoms with Crippen molar-refractivity contribution < 1.29 is 0 Å². The summed E-state index contributed by atoms with van der Waals surface area (Å²) in [7, 11) is 1.97. The minimum atomic E-state index is 0.216. The van der Waals surface area contributed by atoms with Crippen LogP contribution in [0, 0.1) is 6.92 Å². The van der Waals surface area contributed by atoms with E-state index in [1.165, 1.54) is 16.0 Å². The van der Waals surface area contributed by atoms with Crippen LogP contribution in [-0.4, -0.2) is 7.05 Å². The van der Waals surface area contributed by atoms with Crippen molar-refractivity contribution in [1.29, 1.82) is 0 Å². The number of thiophene rings is 1. The molecule has 1 unspecified atom stereocenters. The van der Waals surface area contributed by atoms with Crippen LogP contribution < -0.4 is 5.32 Å². The summed E-state index contributed by atoms with van der Waals surface area (Å²) in [5, 5.41) is 6.27. The summed E-state index contributed by atoms with van der Waals surface area (Å²) in [4.78, 5) is 1.33. The Morgan fingerprint density at radius 3 is 2.59 bits per heavy atom. The third-order valence-electron chi connectivity index (χ3n) is 2.65. The number of hydrogen-bond donors (Lipinski definition) is 1. The highest BCUT2D eigenvalue weighted by molar-refractivity contribution is 9.10. The summed E-state index contributed by atoms with van der Waals surface area (Å²) in [6.45, 7) is 2.12. The van der Waals surface area contributed by atoms with Gasteiger partial charge in [0.2, 0.25) is 0 Å². The lowest BCUT2D eigenvalue weighted by Crippen LogP contribution is -2.16. The SMILES string of the molecule is CNC(c1csc(C)c1)c1ccc(Cl)c(Br)c1. The molecule has 17 heavy (non-hydrogen) atoms. The van der Waals surface area contributed by atoms with Crippen LogP contribution in [0.1, 0.15) is 22.0 Å². The molecular formula is C13H13BrClNS. The quantitative estimate of drug-likeness (QED) is 0.854. The van der Waals surface area contributed by atoms with Crippen molar-refractivity contribution >= 4 is 38.9 Å². The maximum atomic E-state index is 6.01. The Morgan fingerprint density at radius 1 is 1.29 bits per heavy atom. The zero-order valence-electron chi connectivity index (χ0n) is 9.63. The minimum Gasteiger partial charge on any atom is -0.309 e. The highest BCUT2D eigenvalue weighted by atomic mass is 79.9. The normalized spacial score (nSPS) is 12.7. The number of halogens is 2. The van der Waals surface area contributed by atoms with Crippen molar-refractivity contribution in [3.8, 4) is 0 Å². The molecule has 1 N–H and O–H groups in total. The first-order valence-electron chi connectivity index (χ1n) is 5.29. The summed E-state index contributed by atoms with van der Waals surface area (Å²) < 4.78 is 0.934. The summed E-state index contributed by atoms with van der Waals surface area (Å²) in [5.74, 6) is 0. The standard InChI is InChI=1S/C13H13BrClNS/c1-8-5-10(7-17-8)13(16-2)9-3-4-12(15)11(14)6-9/h3-7,13,16H,1-2H3. The Balaban J connectivity index is 2.38.